The molecule has 0 saturated carbocycles. The lowest BCUT2D eigenvalue weighted by atomic mass is 10.2. The van der Waals surface area contributed by atoms with E-state index < -0.39 is 6.36 Å². The van der Waals surface area contributed by atoms with Crippen LogP contribution in [0.15, 0.2) is 48.5 Å². The highest BCUT2D eigenvalue weighted by Crippen LogP contribution is 2.23. The SMILES string of the molecule is FC(F)(F)Oc1ccc(COc2ccc(I)cc2)cc1. The summed E-state index contributed by atoms with van der Waals surface area (Å²) in [6.45, 7) is 0.285. The molecule has 0 unspecified atom stereocenters. The van der Waals surface area contributed by atoms with Crippen LogP contribution < -0.4 is 9.47 Å². The first kappa shape index (κ1) is 15.0. The minimum atomic E-state index is -4.67. The first-order valence-electron chi connectivity index (χ1n) is 5.65. The van der Waals surface area contributed by atoms with Gasteiger partial charge in [0.1, 0.15) is 18.1 Å². The Balaban J connectivity index is 1.92. The molecule has 0 aliphatic heterocycles. The molecule has 0 bridgehead atoms. The smallest absolute Gasteiger partial charge is 0.489 e. The summed E-state index contributed by atoms with van der Waals surface area (Å²) in [7, 11) is 0. The second-order valence-electron chi connectivity index (χ2n) is 3.93. The molecular formula is C14H10F3IO2. The fourth-order valence-electron chi connectivity index (χ4n) is 1.48. The predicted octanol–water partition coefficient (Wildman–Crippen LogP) is 4.77. The first-order valence-corrected chi connectivity index (χ1v) is 6.73. The number of hydrogen-bond acceptors (Lipinski definition) is 2. The van der Waals surface area contributed by atoms with Gasteiger partial charge in [-0.15, -0.1) is 13.2 Å². The van der Waals surface area contributed by atoms with E-state index in [1.54, 1.807) is 0 Å². The van der Waals surface area contributed by atoms with E-state index in [1.807, 2.05) is 24.3 Å². The molecule has 106 valence electrons. The number of rotatable bonds is 4. The van der Waals surface area contributed by atoms with Crippen molar-refractivity contribution in [1.82, 2.24) is 0 Å². The van der Waals surface area contributed by atoms with E-state index in [-0.39, 0.29) is 12.4 Å². The highest BCUT2D eigenvalue weighted by Gasteiger charge is 2.30. The van der Waals surface area contributed by atoms with Crippen molar-refractivity contribution in [3.8, 4) is 11.5 Å². The Labute approximate surface area is 127 Å². The lowest BCUT2D eigenvalue weighted by molar-refractivity contribution is -0.274. The average molecular weight is 394 g/mol. The zero-order valence-electron chi connectivity index (χ0n) is 10.2. The van der Waals surface area contributed by atoms with E-state index in [1.165, 1.54) is 24.3 Å². The number of halogens is 4. The number of benzene rings is 2. The van der Waals surface area contributed by atoms with E-state index >= 15 is 0 Å². The summed E-state index contributed by atoms with van der Waals surface area (Å²) in [5.74, 6) is 0.469. The van der Waals surface area contributed by atoms with Gasteiger partial charge in [-0.05, 0) is 64.6 Å². The third kappa shape index (κ3) is 4.92. The van der Waals surface area contributed by atoms with E-state index in [9.17, 15) is 13.2 Å². The second kappa shape index (κ2) is 6.34. The maximum absolute atomic E-state index is 12.0. The van der Waals surface area contributed by atoms with Crippen LogP contribution in [-0.2, 0) is 6.61 Å². The molecule has 0 spiro atoms. The highest BCUT2D eigenvalue weighted by molar-refractivity contribution is 14.1. The predicted molar refractivity (Wildman–Crippen MR) is 76.6 cm³/mol. The van der Waals surface area contributed by atoms with Crippen molar-refractivity contribution in [3.63, 3.8) is 0 Å². The Morgan fingerprint density at radius 2 is 1.40 bits per heavy atom. The van der Waals surface area contributed by atoms with Gasteiger partial charge < -0.3 is 9.47 Å². The van der Waals surface area contributed by atoms with Gasteiger partial charge in [-0.1, -0.05) is 12.1 Å². The first-order chi connectivity index (χ1) is 9.42. The third-order valence-corrected chi connectivity index (χ3v) is 3.10. The lowest BCUT2D eigenvalue weighted by Gasteiger charge is -2.10. The standard InChI is InChI=1S/C14H10F3IO2/c15-14(16,17)20-13-5-1-10(2-6-13)9-19-12-7-3-11(18)4-8-12/h1-8H,9H2. The molecule has 2 aromatic carbocycles. The molecule has 0 aliphatic rings. The molecule has 0 aromatic heterocycles. The lowest BCUT2D eigenvalue weighted by Crippen LogP contribution is -2.17. The van der Waals surface area contributed by atoms with Crippen LogP contribution in [0.5, 0.6) is 11.5 Å². The van der Waals surface area contributed by atoms with Crippen LogP contribution in [0.3, 0.4) is 0 Å². The van der Waals surface area contributed by atoms with Crippen molar-refractivity contribution in [2.75, 3.05) is 0 Å². The molecule has 6 heteroatoms. The summed E-state index contributed by atoms with van der Waals surface area (Å²) in [6.07, 6.45) is -4.67. The molecule has 0 heterocycles. The van der Waals surface area contributed by atoms with Crippen LogP contribution in [0.25, 0.3) is 0 Å². The Morgan fingerprint density at radius 3 is 1.95 bits per heavy atom. The summed E-state index contributed by atoms with van der Waals surface area (Å²) in [5.41, 5.74) is 0.762. The van der Waals surface area contributed by atoms with Crippen molar-refractivity contribution < 1.29 is 22.6 Å². The van der Waals surface area contributed by atoms with E-state index in [2.05, 4.69) is 27.3 Å². The maximum atomic E-state index is 12.0. The molecule has 2 nitrogen and oxygen atoms in total. The molecular weight excluding hydrogens is 384 g/mol. The van der Waals surface area contributed by atoms with Crippen LogP contribution in [0.1, 0.15) is 5.56 Å². The molecule has 20 heavy (non-hydrogen) atoms. The molecule has 0 saturated heterocycles. The topological polar surface area (TPSA) is 18.5 Å². The van der Waals surface area contributed by atoms with Crippen molar-refractivity contribution in [2.45, 2.75) is 13.0 Å². The van der Waals surface area contributed by atoms with Crippen molar-refractivity contribution in [3.05, 3.63) is 57.7 Å². The Kier molecular flexibility index (Phi) is 4.74. The van der Waals surface area contributed by atoms with E-state index in [4.69, 9.17) is 4.74 Å². The zero-order chi connectivity index (χ0) is 14.6. The monoisotopic (exact) mass is 394 g/mol. The molecule has 0 atom stereocenters. The van der Waals surface area contributed by atoms with Gasteiger partial charge in [0.2, 0.25) is 0 Å². The maximum Gasteiger partial charge on any atom is 0.573 e. The molecule has 0 N–H and O–H groups in total. The number of hydrogen-bond donors (Lipinski definition) is 0. The third-order valence-electron chi connectivity index (χ3n) is 2.38. The molecule has 0 fully saturated rings. The molecule has 2 rings (SSSR count). The van der Waals surface area contributed by atoms with Gasteiger partial charge in [0.15, 0.2) is 0 Å². The largest absolute Gasteiger partial charge is 0.573 e. The van der Waals surface area contributed by atoms with Gasteiger partial charge in [0.05, 0.1) is 0 Å². The normalized spacial score (nSPS) is 11.2. The minimum absolute atomic E-state index is 0.240. The zero-order valence-corrected chi connectivity index (χ0v) is 12.3. The van der Waals surface area contributed by atoms with Gasteiger partial charge in [-0.3, -0.25) is 0 Å². The quantitative estimate of drug-likeness (QED) is 0.696. The molecule has 2 aromatic rings. The van der Waals surface area contributed by atoms with Gasteiger partial charge >= 0.3 is 6.36 Å². The number of ether oxygens (including phenoxy) is 2. The van der Waals surface area contributed by atoms with Gasteiger partial charge in [-0.2, -0.15) is 0 Å². The van der Waals surface area contributed by atoms with Gasteiger partial charge in [-0.25, -0.2) is 0 Å². The van der Waals surface area contributed by atoms with Gasteiger partial charge in [0.25, 0.3) is 0 Å². The highest BCUT2D eigenvalue weighted by atomic mass is 127. The van der Waals surface area contributed by atoms with Crippen molar-refractivity contribution >= 4 is 22.6 Å². The fraction of sp³-hybridized carbons (Fsp3) is 0.143. The van der Waals surface area contributed by atoms with Crippen LogP contribution in [0.4, 0.5) is 13.2 Å². The summed E-state index contributed by atoms with van der Waals surface area (Å²) in [4.78, 5) is 0. The number of alkyl halides is 3. The molecule has 0 radical (unpaired) electrons. The molecule has 0 amide bonds. The van der Waals surface area contributed by atoms with Gasteiger partial charge in [0, 0.05) is 3.57 Å². The second-order valence-corrected chi connectivity index (χ2v) is 5.18. The van der Waals surface area contributed by atoms with Crippen LogP contribution in [0.2, 0.25) is 0 Å². The summed E-state index contributed by atoms with van der Waals surface area (Å²) in [5, 5.41) is 0. The van der Waals surface area contributed by atoms with E-state index in [0.29, 0.717) is 5.75 Å². The van der Waals surface area contributed by atoms with Crippen LogP contribution >= 0.6 is 22.6 Å². The Bertz CT molecular complexity index is 550. The average Bonchev–Trinajstić information content (AvgIpc) is 2.38. The van der Waals surface area contributed by atoms with Crippen LogP contribution in [-0.4, -0.2) is 6.36 Å². The van der Waals surface area contributed by atoms with Crippen LogP contribution in [0, 0.1) is 3.57 Å². The van der Waals surface area contributed by atoms with Crippen molar-refractivity contribution in [1.29, 1.82) is 0 Å². The minimum Gasteiger partial charge on any atom is -0.489 e. The summed E-state index contributed by atoms with van der Waals surface area (Å²) >= 11 is 2.19. The Morgan fingerprint density at radius 1 is 0.850 bits per heavy atom. The molecule has 0 aliphatic carbocycles. The Hall–Kier alpha value is -1.44. The van der Waals surface area contributed by atoms with E-state index in [0.717, 1.165) is 9.13 Å². The van der Waals surface area contributed by atoms with Crippen molar-refractivity contribution in [2.24, 2.45) is 0 Å². The summed E-state index contributed by atoms with van der Waals surface area (Å²) in [6, 6.07) is 13.1. The summed E-state index contributed by atoms with van der Waals surface area (Å²) < 4.78 is 46.4. The fourth-order valence-corrected chi connectivity index (χ4v) is 1.84.